The Hall–Kier alpha value is -1.98. The van der Waals surface area contributed by atoms with Crippen molar-refractivity contribution >= 4 is 35.2 Å². The molecule has 0 aliphatic carbocycles. The number of benzene rings is 2. The molecule has 1 N–H and O–H groups in total. The lowest BCUT2D eigenvalue weighted by Gasteiger charge is -2.31. The number of hydrogen-bond donors (Lipinski definition) is 1. The number of carbonyl (C=O) groups is 2. The molecule has 0 unspecified atom stereocenters. The first-order chi connectivity index (χ1) is 14.3. The summed E-state index contributed by atoms with van der Waals surface area (Å²) in [6.07, 6.45) is 0.561. The van der Waals surface area contributed by atoms with Gasteiger partial charge in [0.1, 0.15) is 6.04 Å². The van der Waals surface area contributed by atoms with Crippen LogP contribution in [0.4, 0.5) is 0 Å². The maximum absolute atomic E-state index is 13.2. The standard InChI is InChI=1S/C24H31ClN2O2S/c1-5-22(24(29)26-17(2)3)27(14-19-11-7-6-10-18(19)4)23(28)16-30-15-20-12-8-9-13-21(20)25/h6-13,17,22H,5,14-16H2,1-4H3,(H,26,29)/t22-/m1/s1. The van der Waals surface area contributed by atoms with Crippen molar-refractivity contribution in [1.29, 1.82) is 0 Å². The SMILES string of the molecule is CC[C@H](C(=O)NC(C)C)N(Cc1ccccc1C)C(=O)CSCc1ccccc1Cl. The summed E-state index contributed by atoms with van der Waals surface area (Å²) >= 11 is 7.75. The van der Waals surface area contributed by atoms with Gasteiger partial charge in [-0.3, -0.25) is 9.59 Å². The summed E-state index contributed by atoms with van der Waals surface area (Å²) < 4.78 is 0. The molecule has 0 radical (unpaired) electrons. The molecule has 2 aromatic carbocycles. The van der Waals surface area contributed by atoms with Crippen LogP contribution in [0.25, 0.3) is 0 Å². The number of thioether (sulfide) groups is 1. The third-order valence-electron chi connectivity index (χ3n) is 4.86. The Labute approximate surface area is 189 Å². The van der Waals surface area contributed by atoms with Gasteiger partial charge in [0.15, 0.2) is 0 Å². The van der Waals surface area contributed by atoms with Gasteiger partial charge in [-0.05, 0) is 49.9 Å². The van der Waals surface area contributed by atoms with E-state index in [0.717, 1.165) is 16.7 Å². The van der Waals surface area contributed by atoms with E-state index in [2.05, 4.69) is 5.32 Å². The largest absolute Gasteiger partial charge is 0.352 e. The molecule has 0 bridgehead atoms. The first-order valence-electron chi connectivity index (χ1n) is 10.3. The van der Waals surface area contributed by atoms with E-state index in [0.29, 0.717) is 29.5 Å². The first-order valence-corrected chi connectivity index (χ1v) is 11.8. The average Bonchev–Trinajstić information content (AvgIpc) is 2.70. The number of halogens is 1. The highest BCUT2D eigenvalue weighted by molar-refractivity contribution is 7.99. The van der Waals surface area contributed by atoms with Crippen LogP contribution in [-0.2, 0) is 21.9 Å². The quantitative estimate of drug-likeness (QED) is 0.544. The number of nitrogens with one attached hydrogen (secondary N) is 1. The predicted molar refractivity (Wildman–Crippen MR) is 127 cm³/mol. The molecule has 0 aliphatic rings. The van der Waals surface area contributed by atoms with Crippen molar-refractivity contribution in [2.75, 3.05) is 5.75 Å². The average molecular weight is 447 g/mol. The van der Waals surface area contributed by atoms with E-state index in [9.17, 15) is 9.59 Å². The molecule has 0 spiro atoms. The molecule has 0 fully saturated rings. The number of aryl methyl sites for hydroxylation is 1. The fourth-order valence-electron chi connectivity index (χ4n) is 3.22. The molecule has 0 heterocycles. The summed E-state index contributed by atoms with van der Waals surface area (Å²) in [5, 5.41) is 3.67. The van der Waals surface area contributed by atoms with Gasteiger partial charge in [-0.25, -0.2) is 0 Å². The summed E-state index contributed by atoms with van der Waals surface area (Å²) in [5.41, 5.74) is 3.17. The zero-order valence-corrected chi connectivity index (χ0v) is 19.7. The van der Waals surface area contributed by atoms with Gasteiger partial charge in [0, 0.05) is 23.4 Å². The van der Waals surface area contributed by atoms with Crippen LogP contribution in [0.5, 0.6) is 0 Å². The normalized spacial score (nSPS) is 11.9. The maximum atomic E-state index is 13.2. The molecule has 0 aromatic heterocycles. The smallest absolute Gasteiger partial charge is 0.243 e. The van der Waals surface area contributed by atoms with Crippen molar-refractivity contribution in [3.05, 3.63) is 70.2 Å². The lowest BCUT2D eigenvalue weighted by atomic mass is 10.1. The number of rotatable bonds is 10. The van der Waals surface area contributed by atoms with Crippen molar-refractivity contribution in [2.24, 2.45) is 0 Å². The predicted octanol–water partition coefficient (Wildman–Crippen LogP) is 5.21. The Morgan fingerprint density at radius 2 is 1.70 bits per heavy atom. The van der Waals surface area contributed by atoms with E-state index in [-0.39, 0.29) is 17.9 Å². The van der Waals surface area contributed by atoms with Crippen molar-refractivity contribution in [3.8, 4) is 0 Å². The molecule has 2 amide bonds. The van der Waals surface area contributed by atoms with E-state index in [1.807, 2.05) is 76.2 Å². The molecular formula is C24H31ClN2O2S. The Balaban J connectivity index is 2.16. The molecular weight excluding hydrogens is 416 g/mol. The van der Waals surface area contributed by atoms with Gasteiger partial charge >= 0.3 is 0 Å². The number of amides is 2. The number of hydrogen-bond acceptors (Lipinski definition) is 3. The molecule has 1 atom stereocenters. The molecule has 30 heavy (non-hydrogen) atoms. The fourth-order valence-corrected chi connectivity index (χ4v) is 4.41. The summed E-state index contributed by atoms with van der Waals surface area (Å²) in [7, 11) is 0. The summed E-state index contributed by atoms with van der Waals surface area (Å²) in [6.45, 7) is 8.25. The minimum absolute atomic E-state index is 0.0246. The Morgan fingerprint density at radius 1 is 1.07 bits per heavy atom. The lowest BCUT2D eigenvalue weighted by molar-refractivity contribution is -0.139. The monoisotopic (exact) mass is 446 g/mol. The van der Waals surface area contributed by atoms with Gasteiger partial charge in [-0.1, -0.05) is 61.0 Å². The fraction of sp³-hybridized carbons (Fsp3) is 0.417. The molecule has 0 saturated carbocycles. The third-order valence-corrected chi connectivity index (χ3v) is 6.19. The van der Waals surface area contributed by atoms with Gasteiger partial charge < -0.3 is 10.2 Å². The minimum atomic E-state index is -0.500. The summed E-state index contributed by atoms with van der Waals surface area (Å²) in [4.78, 5) is 27.8. The van der Waals surface area contributed by atoms with E-state index in [1.54, 1.807) is 4.90 Å². The number of nitrogens with zero attached hydrogens (tertiary/aromatic N) is 1. The van der Waals surface area contributed by atoms with E-state index in [1.165, 1.54) is 11.8 Å². The molecule has 2 aromatic rings. The second kappa shape index (κ2) is 12.0. The van der Waals surface area contributed by atoms with Gasteiger partial charge in [-0.15, -0.1) is 11.8 Å². The Bertz CT molecular complexity index is 857. The van der Waals surface area contributed by atoms with E-state index in [4.69, 9.17) is 11.6 Å². The topological polar surface area (TPSA) is 49.4 Å². The van der Waals surface area contributed by atoms with Crippen LogP contribution in [0.1, 0.15) is 43.9 Å². The van der Waals surface area contributed by atoms with Crippen LogP contribution in [0.15, 0.2) is 48.5 Å². The first kappa shape index (κ1) is 24.3. The zero-order valence-electron chi connectivity index (χ0n) is 18.2. The van der Waals surface area contributed by atoms with Crippen molar-refractivity contribution < 1.29 is 9.59 Å². The van der Waals surface area contributed by atoms with E-state index < -0.39 is 6.04 Å². The second-order valence-electron chi connectivity index (χ2n) is 7.62. The van der Waals surface area contributed by atoms with Crippen molar-refractivity contribution in [3.63, 3.8) is 0 Å². The van der Waals surface area contributed by atoms with Crippen molar-refractivity contribution in [1.82, 2.24) is 10.2 Å². The van der Waals surface area contributed by atoms with Crippen LogP contribution in [-0.4, -0.2) is 34.6 Å². The highest BCUT2D eigenvalue weighted by atomic mass is 35.5. The van der Waals surface area contributed by atoms with Gasteiger partial charge in [0.25, 0.3) is 0 Å². The zero-order chi connectivity index (χ0) is 22.1. The Morgan fingerprint density at radius 3 is 2.30 bits per heavy atom. The van der Waals surface area contributed by atoms with Crippen LogP contribution in [0.2, 0.25) is 5.02 Å². The highest BCUT2D eigenvalue weighted by Crippen LogP contribution is 2.22. The van der Waals surface area contributed by atoms with Gasteiger partial charge in [0.2, 0.25) is 11.8 Å². The van der Waals surface area contributed by atoms with Gasteiger partial charge in [0.05, 0.1) is 5.75 Å². The van der Waals surface area contributed by atoms with Crippen LogP contribution < -0.4 is 5.32 Å². The molecule has 0 aliphatic heterocycles. The highest BCUT2D eigenvalue weighted by Gasteiger charge is 2.29. The van der Waals surface area contributed by atoms with Crippen LogP contribution in [0.3, 0.4) is 0 Å². The molecule has 6 heteroatoms. The summed E-state index contributed by atoms with van der Waals surface area (Å²) in [6, 6.07) is 15.2. The molecule has 162 valence electrons. The summed E-state index contributed by atoms with van der Waals surface area (Å²) in [5.74, 6) is 0.799. The second-order valence-corrected chi connectivity index (χ2v) is 9.01. The molecule has 2 rings (SSSR count). The minimum Gasteiger partial charge on any atom is -0.352 e. The maximum Gasteiger partial charge on any atom is 0.243 e. The van der Waals surface area contributed by atoms with Gasteiger partial charge in [-0.2, -0.15) is 0 Å². The van der Waals surface area contributed by atoms with Crippen LogP contribution in [0, 0.1) is 6.92 Å². The van der Waals surface area contributed by atoms with Crippen LogP contribution >= 0.6 is 23.4 Å². The Kier molecular flexibility index (Phi) is 9.73. The lowest BCUT2D eigenvalue weighted by Crippen LogP contribution is -2.51. The van der Waals surface area contributed by atoms with Crippen molar-refractivity contribution in [2.45, 2.75) is 58.5 Å². The third kappa shape index (κ3) is 7.06. The molecule has 4 nitrogen and oxygen atoms in total. The number of carbonyl (C=O) groups excluding carboxylic acids is 2. The molecule has 0 saturated heterocycles. The van der Waals surface area contributed by atoms with E-state index >= 15 is 0 Å².